The SMILES string of the molecule is COc1ccccc1NC(=O)c1cc(C(=O)NCc2ccccn2)ccn1. The maximum atomic E-state index is 12.5. The predicted molar refractivity (Wildman–Crippen MR) is 101 cm³/mol. The van der Waals surface area contributed by atoms with Gasteiger partial charge in [-0.05, 0) is 36.4 Å². The third kappa shape index (κ3) is 4.66. The number of ether oxygens (including phenoxy) is 1. The average Bonchev–Trinajstić information content (AvgIpc) is 2.73. The second kappa shape index (κ2) is 8.57. The van der Waals surface area contributed by atoms with Crippen LogP contribution in [0.4, 0.5) is 5.69 Å². The normalized spacial score (nSPS) is 10.1. The third-order valence-corrected chi connectivity index (χ3v) is 3.77. The van der Waals surface area contributed by atoms with Gasteiger partial charge in [-0.2, -0.15) is 0 Å². The number of benzene rings is 1. The summed E-state index contributed by atoms with van der Waals surface area (Å²) in [7, 11) is 1.52. The van der Waals surface area contributed by atoms with Crippen LogP contribution in [0.3, 0.4) is 0 Å². The van der Waals surface area contributed by atoms with Crippen LogP contribution in [-0.2, 0) is 6.54 Å². The van der Waals surface area contributed by atoms with Crippen LogP contribution < -0.4 is 15.4 Å². The lowest BCUT2D eigenvalue weighted by molar-refractivity contribution is 0.0950. The zero-order valence-corrected chi connectivity index (χ0v) is 14.7. The Hall–Kier alpha value is -3.74. The van der Waals surface area contributed by atoms with Gasteiger partial charge in [-0.1, -0.05) is 18.2 Å². The van der Waals surface area contributed by atoms with E-state index in [-0.39, 0.29) is 11.6 Å². The highest BCUT2D eigenvalue weighted by atomic mass is 16.5. The van der Waals surface area contributed by atoms with Gasteiger partial charge in [0.2, 0.25) is 0 Å². The molecule has 0 aliphatic rings. The van der Waals surface area contributed by atoms with Crippen LogP contribution in [-0.4, -0.2) is 28.9 Å². The summed E-state index contributed by atoms with van der Waals surface area (Å²) >= 11 is 0. The van der Waals surface area contributed by atoms with E-state index < -0.39 is 5.91 Å². The number of carbonyl (C=O) groups is 2. The number of anilines is 1. The van der Waals surface area contributed by atoms with Crippen molar-refractivity contribution in [1.82, 2.24) is 15.3 Å². The largest absolute Gasteiger partial charge is 0.495 e. The van der Waals surface area contributed by atoms with Crippen LogP contribution >= 0.6 is 0 Å². The van der Waals surface area contributed by atoms with E-state index in [1.54, 1.807) is 42.6 Å². The third-order valence-electron chi connectivity index (χ3n) is 3.77. The summed E-state index contributed by atoms with van der Waals surface area (Å²) in [6, 6.07) is 15.5. The highest BCUT2D eigenvalue weighted by Gasteiger charge is 2.13. The van der Waals surface area contributed by atoms with Gasteiger partial charge in [-0.3, -0.25) is 19.6 Å². The number of hydrogen-bond acceptors (Lipinski definition) is 5. The minimum atomic E-state index is -0.432. The molecule has 0 spiro atoms. The first-order valence-electron chi connectivity index (χ1n) is 8.26. The number of methoxy groups -OCH3 is 1. The van der Waals surface area contributed by atoms with Gasteiger partial charge in [0.15, 0.2) is 0 Å². The maximum Gasteiger partial charge on any atom is 0.274 e. The van der Waals surface area contributed by atoms with Crippen LogP contribution in [0, 0.1) is 0 Å². The molecule has 0 unspecified atom stereocenters. The zero-order chi connectivity index (χ0) is 19.1. The van der Waals surface area contributed by atoms with E-state index in [9.17, 15) is 9.59 Å². The molecule has 7 nitrogen and oxygen atoms in total. The molecule has 3 aromatic rings. The molecule has 0 saturated heterocycles. The molecule has 0 saturated carbocycles. The van der Waals surface area contributed by atoms with Gasteiger partial charge in [0.05, 0.1) is 25.0 Å². The summed E-state index contributed by atoms with van der Waals surface area (Å²) < 4.78 is 5.21. The number of para-hydroxylation sites is 2. The predicted octanol–water partition coefficient (Wildman–Crippen LogP) is 2.67. The molecular weight excluding hydrogens is 344 g/mol. The van der Waals surface area contributed by atoms with Crippen molar-refractivity contribution >= 4 is 17.5 Å². The molecule has 0 atom stereocenters. The quantitative estimate of drug-likeness (QED) is 0.703. The molecule has 27 heavy (non-hydrogen) atoms. The molecule has 2 amide bonds. The molecule has 2 aromatic heterocycles. The number of rotatable bonds is 6. The van der Waals surface area contributed by atoms with Gasteiger partial charge in [-0.25, -0.2) is 0 Å². The molecule has 2 heterocycles. The van der Waals surface area contributed by atoms with E-state index in [0.717, 1.165) is 5.69 Å². The summed E-state index contributed by atoms with van der Waals surface area (Å²) in [5.41, 5.74) is 1.74. The Morgan fingerprint density at radius 1 is 0.963 bits per heavy atom. The minimum absolute atomic E-state index is 0.131. The lowest BCUT2D eigenvalue weighted by Gasteiger charge is -2.10. The van der Waals surface area contributed by atoms with Crippen molar-refractivity contribution in [2.45, 2.75) is 6.54 Å². The molecule has 7 heteroatoms. The number of aromatic nitrogens is 2. The van der Waals surface area contributed by atoms with Crippen LogP contribution in [0.25, 0.3) is 0 Å². The number of nitrogens with zero attached hydrogens (tertiary/aromatic N) is 2. The first-order chi connectivity index (χ1) is 13.2. The molecule has 0 fully saturated rings. The summed E-state index contributed by atoms with van der Waals surface area (Å²) in [6.45, 7) is 0.296. The van der Waals surface area contributed by atoms with E-state index >= 15 is 0 Å². The molecule has 0 bridgehead atoms. The van der Waals surface area contributed by atoms with Gasteiger partial charge < -0.3 is 15.4 Å². The van der Waals surface area contributed by atoms with Gasteiger partial charge in [-0.15, -0.1) is 0 Å². The summed E-state index contributed by atoms with van der Waals surface area (Å²) in [5.74, 6) is -0.205. The van der Waals surface area contributed by atoms with Gasteiger partial charge in [0, 0.05) is 18.0 Å². The topological polar surface area (TPSA) is 93.2 Å². The number of pyridine rings is 2. The molecule has 1 aromatic carbocycles. The van der Waals surface area contributed by atoms with Gasteiger partial charge in [0.1, 0.15) is 11.4 Å². The number of nitrogens with one attached hydrogen (secondary N) is 2. The van der Waals surface area contributed by atoms with E-state index in [2.05, 4.69) is 20.6 Å². The van der Waals surface area contributed by atoms with Crippen LogP contribution in [0.15, 0.2) is 67.0 Å². The fraction of sp³-hybridized carbons (Fsp3) is 0.100. The zero-order valence-electron chi connectivity index (χ0n) is 14.7. The summed E-state index contributed by atoms with van der Waals surface area (Å²) in [5, 5.41) is 5.50. The highest BCUT2D eigenvalue weighted by molar-refractivity contribution is 6.05. The van der Waals surface area contributed by atoms with E-state index in [1.165, 1.54) is 19.4 Å². The fourth-order valence-electron chi connectivity index (χ4n) is 2.41. The minimum Gasteiger partial charge on any atom is -0.495 e. The van der Waals surface area contributed by atoms with Crippen molar-refractivity contribution in [3.8, 4) is 5.75 Å². The second-order valence-electron chi connectivity index (χ2n) is 5.59. The maximum absolute atomic E-state index is 12.5. The Kier molecular flexibility index (Phi) is 5.73. The Morgan fingerprint density at radius 3 is 2.56 bits per heavy atom. The Labute approximate surface area is 156 Å². The smallest absolute Gasteiger partial charge is 0.274 e. The average molecular weight is 362 g/mol. The van der Waals surface area contributed by atoms with Crippen molar-refractivity contribution in [3.05, 3.63) is 83.9 Å². The monoisotopic (exact) mass is 362 g/mol. The standard InChI is InChI=1S/C20H18N4O3/c1-27-18-8-3-2-7-16(18)24-20(26)17-12-14(9-11-22-17)19(25)23-13-15-6-4-5-10-21-15/h2-12H,13H2,1H3,(H,23,25)(H,24,26). The van der Waals surface area contributed by atoms with E-state index in [1.807, 2.05) is 12.1 Å². The molecule has 0 radical (unpaired) electrons. The second-order valence-corrected chi connectivity index (χ2v) is 5.59. The molecule has 2 N–H and O–H groups in total. The van der Waals surface area contributed by atoms with Crippen LogP contribution in [0.5, 0.6) is 5.75 Å². The first-order valence-corrected chi connectivity index (χ1v) is 8.26. The number of carbonyl (C=O) groups excluding carboxylic acids is 2. The van der Waals surface area contributed by atoms with Crippen molar-refractivity contribution in [3.63, 3.8) is 0 Å². The lowest BCUT2D eigenvalue weighted by Crippen LogP contribution is -2.24. The Morgan fingerprint density at radius 2 is 1.78 bits per heavy atom. The van der Waals surface area contributed by atoms with Crippen molar-refractivity contribution < 1.29 is 14.3 Å². The lowest BCUT2D eigenvalue weighted by atomic mass is 10.2. The van der Waals surface area contributed by atoms with E-state index in [0.29, 0.717) is 23.5 Å². The van der Waals surface area contributed by atoms with Crippen molar-refractivity contribution in [2.24, 2.45) is 0 Å². The summed E-state index contributed by atoms with van der Waals surface area (Å²) in [6.07, 6.45) is 3.08. The van der Waals surface area contributed by atoms with Crippen LogP contribution in [0.2, 0.25) is 0 Å². The molecule has 0 aliphatic heterocycles. The van der Waals surface area contributed by atoms with E-state index in [4.69, 9.17) is 4.74 Å². The Balaban J connectivity index is 1.69. The van der Waals surface area contributed by atoms with Crippen molar-refractivity contribution in [1.29, 1.82) is 0 Å². The Bertz CT molecular complexity index is 945. The number of hydrogen-bond donors (Lipinski definition) is 2. The van der Waals surface area contributed by atoms with Crippen molar-refractivity contribution in [2.75, 3.05) is 12.4 Å². The van der Waals surface area contributed by atoms with Gasteiger partial charge >= 0.3 is 0 Å². The van der Waals surface area contributed by atoms with Crippen LogP contribution in [0.1, 0.15) is 26.5 Å². The van der Waals surface area contributed by atoms with Gasteiger partial charge in [0.25, 0.3) is 11.8 Å². The molecular formula is C20H18N4O3. The summed E-state index contributed by atoms with van der Waals surface area (Å²) in [4.78, 5) is 33.0. The number of amides is 2. The molecule has 0 aliphatic carbocycles. The first kappa shape index (κ1) is 18.1. The highest BCUT2D eigenvalue weighted by Crippen LogP contribution is 2.23. The fourth-order valence-corrected chi connectivity index (χ4v) is 2.41. The molecule has 136 valence electrons. The molecule has 3 rings (SSSR count).